The van der Waals surface area contributed by atoms with Crippen LogP contribution in [0.4, 0.5) is 0 Å². The molecule has 5 heteroatoms. The zero-order chi connectivity index (χ0) is 19.1. The number of hydrogen-bond acceptors (Lipinski definition) is 3. The lowest BCUT2D eigenvalue weighted by atomic mass is 9.89. The van der Waals surface area contributed by atoms with Gasteiger partial charge in [0, 0.05) is 0 Å². The minimum absolute atomic E-state index is 0.237. The molecule has 0 aromatic heterocycles. The molecule has 0 heterocycles. The number of hydrogen-bond donors (Lipinski definition) is 3. The first-order chi connectivity index (χ1) is 11.8. The summed E-state index contributed by atoms with van der Waals surface area (Å²) in [6.45, 7) is 4.53. The number of unbranched alkanes of at least 4 members (excludes halogenated alkanes) is 7. The molecule has 0 saturated carbocycles. The van der Waals surface area contributed by atoms with Crippen molar-refractivity contribution < 1.29 is 24.9 Å². The number of rotatable bonds is 17. The molecule has 0 amide bonds. The summed E-state index contributed by atoms with van der Waals surface area (Å²) in [5.74, 6) is -1.43. The molecular formula is C20H38O5. The van der Waals surface area contributed by atoms with E-state index in [2.05, 4.69) is 13.8 Å². The summed E-state index contributed by atoms with van der Waals surface area (Å²) in [7, 11) is 0. The van der Waals surface area contributed by atoms with Gasteiger partial charge in [-0.25, -0.2) is 0 Å². The van der Waals surface area contributed by atoms with Crippen molar-refractivity contribution in [3.8, 4) is 0 Å². The first kappa shape index (κ1) is 23.9. The molecule has 0 unspecified atom stereocenters. The van der Waals surface area contributed by atoms with Crippen molar-refractivity contribution in [1.82, 2.24) is 0 Å². The minimum Gasteiger partial charge on any atom is -0.481 e. The molecule has 5 nitrogen and oxygen atoms in total. The fourth-order valence-electron chi connectivity index (χ4n) is 3.45. The Hall–Kier alpha value is -1.10. The normalized spacial score (nSPS) is 11.8. The van der Waals surface area contributed by atoms with E-state index in [0.717, 1.165) is 25.2 Å². The van der Waals surface area contributed by atoms with Gasteiger partial charge in [0.2, 0.25) is 0 Å². The lowest BCUT2D eigenvalue weighted by Crippen LogP contribution is -2.34. The second-order valence-electron chi connectivity index (χ2n) is 7.41. The molecule has 0 radical (unpaired) electrons. The van der Waals surface area contributed by atoms with Crippen molar-refractivity contribution in [2.45, 2.75) is 109 Å². The van der Waals surface area contributed by atoms with E-state index >= 15 is 0 Å². The van der Waals surface area contributed by atoms with Gasteiger partial charge in [0.1, 0.15) is 0 Å². The summed E-state index contributed by atoms with van der Waals surface area (Å²) in [5, 5.41) is 27.8. The molecule has 0 aromatic rings. The summed E-state index contributed by atoms with van der Waals surface area (Å²) in [6, 6.07) is 0. The quantitative estimate of drug-likeness (QED) is 0.318. The first-order valence-corrected chi connectivity index (χ1v) is 9.99. The van der Waals surface area contributed by atoms with Crippen LogP contribution in [-0.2, 0) is 9.59 Å². The van der Waals surface area contributed by atoms with Crippen LogP contribution in [0.2, 0.25) is 0 Å². The lowest BCUT2D eigenvalue weighted by Gasteiger charge is -2.24. The molecule has 3 N–H and O–H groups in total. The molecule has 0 aliphatic carbocycles. The summed E-state index contributed by atoms with van der Waals surface area (Å²) >= 11 is 0. The largest absolute Gasteiger partial charge is 0.481 e. The van der Waals surface area contributed by atoms with Gasteiger partial charge in [-0.1, -0.05) is 84.5 Å². The van der Waals surface area contributed by atoms with Crippen LogP contribution >= 0.6 is 0 Å². The molecule has 0 bridgehead atoms. The molecule has 25 heavy (non-hydrogen) atoms. The average Bonchev–Trinajstić information content (AvgIpc) is 2.51. The van der Waals surface area contributed by atoms with E-state index in [1.807, 2.05) is 0 Å². The van der Waals surface area contributed by atoms with Gasteiger partial charge in [0.15, 0.2) is 0 Å². The first-order valence-electron chi connectivity index (χ1n) is 9.99. The van der Waals surface area contributed by atoms with Gasteiger partial charge in [-0.3, -0.25) is 9.59 Å². The predicted octanol–water partition coefficient (Wildman–Crippen LogP) is 5.00. The van der Waals surface area contributed by atoms with E-state index in [1.54, 1.807) is 0 Å². The zero-order valence-corrected chi connectivity index (χ0v) is 16.1. The smallest absolute Gasteiger partial charge is 0.306 e. The van der Waals surface area contributed by atoms with Crippen molar-refractivity contribution in [1.29, 1.82) is 0 Å². The Kier molecular flexibility index (Phi) is 13.5. The van der Waals surface area contributed by atoms with Gasteiger partial charge in [0.25, 0.3) is 0 Å². The van der Waals surface area contributed by atoms with Crippen molar-refractivity contribution >= 4 is 11.9 Å². The molecule has 0 atom stereocenters. The van der Waals surface area contributed by atoms with Crippen LogP contribution in [-0.4, -0.2) is 32.9 Å². The minimum atomic E-state index is -1.62. The van der Waals surface area contributed by atoms with Crippen LogP contribution in [0.5, 0.6) is 0 Å². The van der Waals surface area contributed by atoms with E-state index in [-0.39, 0.29) is 6.42 Å². The van der Waals surface area contributed by atoms with Crippen LogP contribution in [0.15, 0.2) is 0 Å². The second-order valence-corrected chi connectivity index (χ2v) is 7.41. The predicted molar refractivity (Wildman–Crippen MR) is 99.7 cm³/mol. The average molecular weight is 359 g/mol. The van der Waals surface area contributed by atoms with E-state index < -0.39 is 30.4 Å². The maximum absolute atomic E-state index is 10.8. The number of carboxylic acid groups (broad SMARTS) is 2. The van der Waals surface area contributed by atoms with Gasteiger partial charge >= 0.3 is 11.9 Å². The third-order valence-electron chi connectivity index (χ3n) is 5.12. The summed E-state index contributed by atoms with van der Waals surface area (Å²) in [6.07, 6.45) is 12.0. The Balaban J connectivity index is 3.69. The van der Waals surface area contributed by atoms with Gasteiger partial charge in [0.05, 0.1) is 18.4 Å². The Labute approximate surface area is 152 Å². The summed E-state index contributed by atoms with van der Waals surface area (Å²) < 4.78 is 0. The highest BCUT2D eigenvalue weighted by atomic mass is 16.4. The molecule has 148 valence electrons. The molecule has 0 aliphatic heterocycles. The highest BCUT2D eigenvalue weighted by molar-refractivity contribution is 5.72. The Bertz CT molecular complexity index is 347. The fourth-order valence-corrected chi connectivity index (χ4v) is 3.45. The van der Waals surface area contributed by atoms with Crippen LogP contribution < -0.4 is 0 Å². The van der Waals surface area contributed by atoms with Crippen LogP contribution in [0, 0.1) is 5.92 Å². The monoisotopic (exact) mass is 358 g/mol. The molecule has 0 aromatic carbocycles. The van der Waals surface area contributed by atoms with Gasteiger partial charge < -0.3 is 15.3 Å². The van der Waals surface area contributed by atoms with E-state index in [4.69, 9.17) is 10.2 Å². The maximum atomic E-state index is 10.8. The highest BCUT2D eigenvalue weighted by Crippen LogP contribution is 2.24. The van der Waals surface area contributed by atoms with E-state index in [0.29, 0.717) is 6.42 Å². The van der Waals surface area contributed by atoms with Crippen LogP contribution in [0.25, 0.3) is 0 Å². The lowest BCUT2D eigenvalue weighted by molar-refractivity contribution is -0.149. The standard InChI is InChI=1S/C20H38O5/c1-3-17(4-2)13-11-9-7-5-6-8-10-12-14-20(25,15-18(21)22)16-19(23)24/h17,25H,3-16H2,1-2H3,(H,21,22)(H,23,24). The number of aliphatic carboxylic acids is 2. The molecular weight excluding hydrogens is 320 g/mol. The van der Waals surface area contributed by atoms with Crippen molar-refractivity contribution in [3.63, 3.8) is 0 Å². The fraction of sp³-hybridized carbons (Fsp3) is 0.900. The Morgan fingerprint density at radius 2 is 1.16 bits per heavy atom. The van der Waals surface area contributed by atoms with Crippen molar-refractivity contribution in [2.24, 2.45) is 5.92 Å². The summed E-state index contributed by atoms with van der Waals surface area (Å²) in [4.78, 5) is 21.6. The molecule has 0 aliphatic rings. The molecule has 0 rings (SSSR count). The summed E-state index contributed by atoms with van der Waals surface area (Å²) in [5.41, 5.74) is -1.62. The second kappa shape index (κ2) is 14.1. The number of aliphatic hydroxyl groups is 1. The van der Waals surface area contributed by atoms with Gasteiger partial charge in [-0.2, -0.15) is 0 Å². The number of carboxylic acids is 2. The molecule has 0 spiro atoms. The Morgan fingerprint density at radius 1 is 0.760 bits per heavy atom. The third kappa shape index (κ3) is 13.8. The Morgan fingerprint density at radius 3 is 1.56 bits per heavy atom. The highest BCUT2D eigenvalue weighted by Gasteiger charge is 2.32. The van der Waals surface area contributed by atoms with Crippen LogP contribution in [0.1, 0.15) is 104 Å². The third-order valence-corrected chi connectivity index (χ3v) is 5.12. The van der Waals surface area contributed by atoms with Gasteiger partial charge in [-0.15, -0.1) is 0 Å². The van der Waals surface area contributed by atoms with E-state index in [1.165, 1.54) is 44.9 Å². The number of carbonyl (C=O) groups is 2. The van der Waals surface area contributed by atoms with E-state index in [9.17, 15) is 14.7 Å². The van der Waals surface area contributed by atoms with Gasteiger partial charge in [-0.05, 0) is 12.3 Å². The molecule has 0 saturated heterocycles. The SMILES string of the molecule is CCC(CC)CCCCCCCCCCC(O)(CC(=O)O)CC(=O)O. The maximum Gasteiger partial charge on any atom is 0.306 e. The van der Waals surface area contributed by atoms with Crippen molar-refractivity contribution in [2.75, 3.05) is 0 Å². The zero-order valence-electron chi connectivity index (χ0n) is 16.1. The van der Waals surface area contributed by atoms with Crippen LogP contribution in [0.3, 0.4) is 0 Å². The topological polar surface area (TPSA) is 94.8 Å². The van der Waals surface area contributed by atoms with Crippen molar-refractivity contribution in [3.05, 3.63) is 0 Å². The molecule has 0 fully saturated rings.